The van der Waals surface area contributed by atoms with Crippen molar-refractivity contribution in [2.45, 2.75) is 13.3 Å². The van der Waals surface area contributed by atoms with Crippen LogP contribution in [0.1, 0.15) is 17.0 Å². The van der Waals surface area contributed by atoms with E-state index in [-0.39, 0.29) is 12.0 Å². The van der Waals surface area contributed by atoms with Crippen molar-refractivity contribution in [2.24, 2.45) is 0 Å². The molecule has 2 heterocycles. The van der Waals surface area contributed by atoms with Crippen molar-refractivity contribution in [2.75, 3.05) is 12.4 Å². The molecule has 0 atom stereocenters. The standard InChI is InChI=1S/C22H18F3N5O/c1-13-11-30(12-27-13)19-4-3-15(10-20(19)31-2)28-22-26-6-5-16(29-22)7-14-8-17(23)21(25)18(24)9-14/h3-6,8-12H,7H2,1-2H3,(H,26,28,29). The van der Waals surface area contributed by atoms with Crippen LogP contribution in [0.15, 0.2) is 55.1 Å². The molecule has 6 nitrogen and oxygen atoms in total. The Labute approximate surface area is 176 Å². The third-order valence-corrected chi connectivity index (χ3v) is 4.57. The van der Waals surface area contributed by atoms with Gasteiger partial charge in [-0.05, 0) is 42.8 Å². The average molecular weight is 425 g/mol. The molecule has 1 N–H and O–H groups in total. The zero-order valence-electron chi connectivity index (χ0n) is 16.7. The summed E-state index contributed by atoms with van der Waals surface area (Å²) in [6.45, 7) is 1.90. The number of methoxy groups -OCH3 is 1. The van der Waals surface area contributed by atoms with E-state index >= 15 is 0 Å². The second kappa shape index (κ2) is 8.47. The summed E-state index contributed by atoms with van der Waals surface area (Å²) in [6.07, 6.45) is 5.24. The van der Waals surface area contributed by atoms with Crippen molar-refractivity contribution in [1.82, 2.24) is 19.5 Å². The van der Waals surface area contributed by atoms with Gasteiger partial charge < -0.3 is 14.6 Å². The number of rotatable bonds is 6. The summed E-state index contributed by atoms with van der Waals surface area (Å²) < 4.78 is 47.4. The van der Waals surface area contributed by atoms with Gasteiger partial charge in [0.05, 0.1) is 30.5 Å². The quantitative estimate of drug-likeness (QED) is 0.453. The molecule has 9 heteroatoms. The predicted molar refractivity (Wildman–Crippen MR) is 109 cm³/mol. The van der Waals surface area contributed by atoms with Crippen LogP contribution in [0.4, 0.5) is 24.8 Å². The summed E-state index contributed by atoms with van der Waals surface area (Å²) in [7, 11) is 1.57. The number of nitrogens with one attached hydrogen (secondary N) is 1. The van der Waals surface area contributed by atoms with E-state index in [0.717, 1.165) is 23.5 Å². The van der Waals surface area contributed by atoms with Gasteiger partial charge in [-0.15, -0.1) is 0 Å². The number of aromatic nitrogens is 4. The van der Waals surface area contributed by atoms with E-state index in [9.17, 15) is 13.2 Å². The van der Waals surface area contributed by atoms with Gasteiger partial charge in [-0.2, -0.15) is 0 Å². The molecule has 0 saturated carbocycles. The topological polar surface area (TPSA) is 64.9 Å². The van der Waals surface area contributed by atoms with Crippen LogP contribution in [0.5, 0.6) is 5.75 Å². The maximum absolute atomic E-state index is 13.5. The summed E-state index contributed by atoms with van der Waals surface area (Å²) in [5, 5.41) is 3.09. The van der Waals surface area contributed by atoms with E-state index in [1.165, 1.54) is 6.20 Å². The number of nitrogens with zero attached hydrogens (tertiary/aromatic N) is 4. The smallest absolute Gasteiger partial charge is 0.227 e. The SMILES string of the molecule is COc1cc(Nc2nccc(Cc3cc(F)c(F)c(F)c3)n2)ccc1-n1cnc(C)c1. The first-order valence-corrected chi connectivity index (χ1v) is 9.34. The van der Waals surface area contributed by atoms with Gasteiger partial charge in [0.15, 0.2) is 17.5 Å². The molecule has 2 aromatic heterocycles. The Balaban J connectivity index is 1.55. The molecule has 0 radical (unpaired) electrons. The average Bonchev–Trinajstić information content (AvgIpc) is 3.18. The lowest BCUT2D eigenvalue weighted by Gasteiger charge is -2.12. The van der Waals surface area contributed by atoms with Crippen molar-refractivity contribution in [3.8, 4) is 11.4 Å². The van der Waals surface area contributed by atoms with Crippen molar-refractivity contribution in [1.29, 1.82) is 0 Å². The highest BCUT2D eigenvalue weighted by molar-refractivity contribution is 5.62. The summed E-state index contributed by atoms with van der Waals surface area (Å²) in [5.74, 6) is -3.04. The normalized spacial score (nSPS) is 10.9. The Bertz CT molecular complexity index is 1220. The molecule has 0 spiro atoms. The highest BCUT2D eigenvalue weighted by Crippen LogP contribution is 2.28. The monoisotopic (exact) mass is 425 g/mol. The number of aryl methyl sites for hydroxylation is 1. The van der Waals surface area contributed by atoms with Gasteiger partial charge in [0.2, 0.25) is 5.95 Å². The van der Waals surface area contributed by atoms with Crippen LogP contribution >= 0.6 is 0 Å². The second-order valence-electron chi connectivity index (χ2n) is 6.86. The molecule has 0 saturated heterocycles. The Kier molecular flexibility index (Phi) is 5.57. The molecule has 0 aliphatic rings. The van der Waals surface area contributed by atoms with E-state index < -0.39 is 17.5 Å². The van der Waals surface area contributed by atoms with Gasteiger partial charge in [0.25, 0.3) is 0 Å². The highest BCUT2D eigenvalue weighted by Gasteiger charge is 2.12. The van der Waals surface area contributed by atoms with Crippen LogP contribution in [0.2, 0.25) is 0 Å². The minimum absolute atomic E-state index is 0.119. The van der Waals surface area contributed by atoms with Crippen molar-refractivity contribution in [3.63, 3.8) is 0 Å². The number of imidazole rings is 1. The zero-order chi connectivity index (χ0) is 22.0. The maximum atomic E-state index is 13.5. The van der Waals surface area contributed by atoms with Crippen molar-refractivity contribution >= 4 is 11.6 Å². The van der Waals surface area contributed by atoms with Crippen LogP contribution in [0.25, 0.3) is 5.69 Å². The lowest BCUT2D eigenvalue weighted by atomic mass is 10.1. The lowest BCUT2D eigenvalue weighted by molar-refractivity contribution is 0.413. The zero-order valence-corrected chi connectivity index (χ0v) is 16.7. The van der Waals surface area contributed by atoms with Crippen molar-refractivity contribution < 1.29 is 17.9 Å². The summed E-state index contributed by atoms with van der Waals surface area (Å²) in [6, 6.07) is 9.04. The van der Waals surface area contributed by atoms with Gasteiger partial charge in [-0.3, -0.25) is 0 Å². The molecule has 2 aromatic carbocycles. The molecule has 158 valence electrons. The van der Waals surface area contributed by atoms with Crippen LogP contribution < -0.4 is 10.1 Å². The van der Waals surface area contributed by atoms with Gasteiger partial charge >= 0.3 is 0 Å². The predicted octanol–water partition coefficient (Wildman–Crippen LogP) is 4.73. The molecule has 0 bridgehead atoms. The number of halogens is 3. The van der Waals surface area contributed by atoms with Gasteiger partial charge in [-0.25, -0.2) is 28.1 Å². The Hall–Kier alpha value is -3.88. The fourth-order valence-electron chi connectivity index (χ4n) is 3.12. The Morgan fingerprint density at radius 1 is 1.03 bits per heavy atom. The van der Waals surface area contributed by atoms with Gasteiger partial charge in [0, 0.05) is 30.6 Å². The first-order valence-electron chi connectivity index (χ1n) is 9.34. The summed E-state index contributed by atoms with van der Waals surface area (Å²) in [4.78, 5) is 12.8. The van der Waals surface area contributed by atoms with E-state index in [0.29, 0.717) is 23.1 Å². The minimum atomic E-state index is -1.49. The number of anilines is 2. The first-order chi connectivity index (χ1) is 14.9. The minimum Gasteiger partial charge on any atom is -0.494 e. The second-order valence-corrected chi connectivity index (χ2v) is 6.86. The molecular formula is C22H18F3N5O. The first kappa shape index (κ1) is 20.4. The van der Waals surface area contributed by atoms with E-state index in [1.54, 1.807) is 25.6 Å². The molecule has 4 rings (SSSR count). The van der Waals surface area contributed by atoms with Gasteiger partial charge in [0.1, 0.15) is 5.75 Å². The number of hydrogen-bond acceptors (Lipinski definition) is 5. The fourth-order valence-corrected chi connectivity index (χ4v) is 3.12. The van der Waals surface area contributed by atoms with Crippen LogP contribution in [0, 0.1) is 24.4 Å². The number of hydrogen-bond donors (Lipinski definition) is 1. The van der Waals surface area contributed by atoms with E-state index in [1.807, 2.05) is 29.8 Å². The molecule has 0 unspecified atom stereocenters. The van der Waals surface area contributed by atoms with Crippen LogP contribution in [-0.4, -0.2) is 26.6 Å². The Morgan fingerprint density at radius 2 is 1.81 bits per heavy atom. The van der Waals surface area contributed by atoms with E-state index in [2.05, 4.69) is 20.3 Å². The summed E-state index contributed by atoms with van der Waals surface area (Å²) >= 11 is 0. The number of ether oxygens (including phenoxy) is 1. The van der Waals surface area contributed by atoms with Gasteiger partial charge in [-0.1, -0.05) is 0 Å². The number of benzene rings is 2. The van der Waals surface area contributed by atoms with Crippen LogP contribution in [0.3, 0.4) is 0 Å². The molecule has 4 aromatic rings. The molecule has 0 fully saturated rings. The summed E-state index contributed by atoms with van der Waals surface area (Å²) in [5.41, 5.74) is 3.18. The molecule has 0 aliphatic carbocycles. The highest BCUT2D eigenvalue weighted by atomic mass is 19.2. The third kappa shape index (κ3) is 4.50. The third-order valence-electron chi connectivity index (χ3n) is 4.57. The molecular weight excluding hydrogens is 407 g/mol. The molecule has 0 amide bonds. The largest absolute Gasteiger partial charge is 0.494 e. The van der Waals surface area contributed by atoms with Crippen molar-refractivity contribution in [3.05, 3.63) is 89.5 Å². The van der Waals surface area contributed by atoms with E-state index in [4.69, 9.17) is 4.74 Å². The lowest BCUT2D eigenvalue weighted by Crippen LogP contribution is -2.03. The molecule has 31 heavy (non-hydrogen) atoms. The molecule has 0 aliphatic heterocycles. The fraction of sp³-hybridized carbons (Fsp3) is 0.136. The maximum Gasteiger partial charge on any atom is 0.227 e. The van der Waals surface area contributed by atoms with Crippen LogP contribution in [-0.2, 0) is 6.42 Å². The Morgan fingerprint density at radius 3 is 2.48 bits per heavy atom.